The van der Waals surface area contributed by atoms with Gasteiger partial charge in [-0.3, -0.25) is 4.90 Å². The van der Waals surface area contributed by atoms with Gasteiger partial charge in [0.15, 0.2) is 0 Å². The summed E-state index contributed by atoms with van der Waals surface area (Å²) in [5, 5.41) is 0. The fourth-order valence-electron chi connectivity index (χ4n) is 3.84. The van der Waals surface area contributed by atoms with Gasteiger partial charge in [-0.2, -0.15) is 0 Å². The zero-order chi connectivity index (χ0) is 16.3. The van der Waals surface area contributed by atoms with Gasteiger partial charge < -0.3 is 4.90 Å². The number of likely N-dealkylation sites (tertiary alicyclic amines) is 1. The maximum Gasteiger partial charge on any atom is 0.133 e. The molecule has 2 rings (SSSR count). The Bertz CT molecular complexity index is 460. The summed E-state index contributed by atoms with van der Waals surface area (Å²) in [5.74, 6) is 1.90. The first-order valence-electron chi connectivity index (χ1n) is 8.89. The molecule has 3 heteroatoms. The van der Waals surface area contributed by atoms with Gasteiger partial charge in [-0.25, -0.2) is 4.98 Å². The molecule has 124 valence electrons. The smallest absolute Gasteiger partial charge is 0.133 e. The summed E-state index contributed by atoms with van der Waals surface area (Å²) < 4.78 is 0. The Kier molecular flexibility index (Phi) is 5.85. The van der Waals surface area contributed by atoms with Crippen LogP contribution < -0.4 is 4.90 Å². The van der Waals surface area contributed by atoms with Crippen LogP contribution in [-0.4, -0.2) is 35.1 Å². The molecule has 1 aromatic rings. The van der Waals surface area contributed by atoms with E-state index in [0.29, 0.717) is 24.0 Å². The summed E-state index contributed by atoms with van der Waals surface area (Å²) in [6.45, 7) is 16.1. The van der Waals surface area contributed by atoms with Gasteiger partial charge >= 0.3 is 0 Å². The average Bonchev–Trinajstić information content (AvgIpc) is 2.85. The van der Waals surface area contributed by atoms with Crippen molar-refractivity contribution in [3.05, 3.63) is 23.9 Å². The highest BCUT2D eigenvalue weighted by molar-refractivity contribution is 5.50. The molecule has 22 heavy (non-hydrogen) atoms. The number of nitrogens with zero attached hydrogens (tertiary/aromatic N) is 3. The Hall–Kier alpha value is -1.09. The van der Waals surface area contributed by atoms with Crippen molar-refractivity contribution in [3.63, 3.8) is 0 Å². The Balaban J connectivity index is 2.35. The molecule has 2 heterocycles. The van der Waals surface area contributed by atoms with Crippen molar-refractivity contribution in [2.75, 3.05) is 18.0 Å². The summed E-state index contributed by atoms with van der Waals surface area (Å²) in [7, 11) is 0. The van der Waals surface area contributed by atoms with E-state index in [1.54, 1.807) is 0 Å². The molecular formula is C19H33N3. The lowest BCUT2D eigenvalue weighted by atomic mass is 10.0. The van der Waals surface area contributed by atoms with Gasteiger partial charge in [-0.05, 0) is 59.1 Å². The normalized spacial score (nSPS) is 19.6. The second kappa shape index (κ2) is 7.45. The Morgan fingerprint density at radius 1 is 1.18 bits per heavy atom. The minimum absolute atomic E-state index is 0.466. The van der Waals surface area contributed by atoms with Crippen LogP contribution in [-0.2, 0) is 0 Å². The van der Waals surface area contributed by atoms with Crippen molar-refractivity contribution in [3.8, 4) is 0 Å². The molecule has 0 N–H and O–H groups in total. The van der Waals surface area contributed by atoms with E-state index < -0.39 is 0 Å². The van der Waals surface area contributed by atoms with Gasteiger partial charge in [0.05, 0.1) is 0 Å². The average molecular weight is 303 g/mol. The van der Waals surface area contributed by atoms with E-state index in [9.17, 15) is 0 Å². The van der Waals surface area contributed by atoms with Crippen LogP contribution in [0, 0.1) is 5.92 Å². The molecule has 0 saturated carbocycles. The number of pyridine rings is 1. The van der Waals surface area contributed by atoms with E-state index in [2.05, 4.69) is 63.5 Å². The van der Waals surface area contributed by atoms with Crippen molar-refractivity contribution in [2.24, 2.45) is 5.92 Å². The highest BCUT2D eigenvalue weighted by Gasteiger charge is 2.30. The fourth-order valence-corrected chi connectivity index (χ4v) is 3.84. The molecule has 0 unspecified atom stereocenters. The zero-order valence-electron chi connectivity index (χ0n) is 15.2. The lowest BCUT2D eigenvalue weighted by Gasteiger charge is -2.36. The molecule has 1 aliphatic rings. The van der Waals surface area contributed by atoms with E-state index in [1.165, 1.54) is 37.3 Å². The third-order valence-electron chi connectivity index (χ3n) is 4.50. The summed E-state index contributed by atoms with van der Waals surface area (Å²) >= 11 is 0. The van der Waals surface area contributed by atoms with Crippen molar-refractivity contribution in [1.29, 1.82) is 0 Å². The van der Waals surface area contributed by atoms with E-state index in [0.717, 1.165) is 0 Å². The largest absolute Gasteiger partial charge is 0.351 e. The quantitative estimate of drug-likeness (QED) is 0.771. The number of rotatable bonds is 6. The van der Waals surface area contributed by atoms with Gasteiger partial charge in [0.2, 0.25) is 0 Å². The highest BCUT2D eigenvalue weighted by Crippen LogP contribution is 2.37. The lowest BCUT2D eigenvalue weighted by Crippen LogP contribution is -2.39. The molecule has 0 amide bonds. The number of aromatic nitrogens is 1. The Morgan fingerprint density at radius 3 is 2.45 bits per heavy atom. The molecule has 0 radical (unpaired) electrons. The summed E-state index contributed by atoms with van der Waals surface area (Å²) in [4.78, 5) is 9.90. The first kappa shape index (κ1) is 17.3. The molecule has 1 atom stereocenters. The minimum Gasteiger partial charge on any atom is -0.351 e. The maximum atomic E-state index is 4.78. The predicted molar refractivity (Wildman–Crippen MR) is 95.4 cm³/mol. The van der Waals surface area contributed by atoms with Gasteiger partial charge in [-0.15, -0.1) is 0 Å². The van der Waals surface area contributed by atoms with E-state index in [-0.39, 0.29) is 0 Å². The van der Waals surface area contributed by atoms with E-state index in [1.807, 2.05) is 6.20 Å². The third kappa shape index (κ3) is 3.81. The number of hydrogen-bond acceptors (Lipinski definition) is 3. The SMILES string of the molecule is CC(C)CN1CCC[C@@H]1c1cccnc1N(C(C)C)C(C)C. The zero-order valence-corrected chi connectivity index (χ0v) is 15.2. The van der Waals surface area contributed by atoms with Gasteiger partial charge in [0.25, 0.3) is 0 Å². The van der Waals surface area contributed by atoms with Gasteiger partial charge in [-0.1, -0.05) is 19.9 Å². The van der Waals surface area contributed by atoms with Gasteiger partial charge in [0, 0.05) is 36.4 Å². The topological polar surface area (TPSA) is 19.4 Å². The second-order valence-electron chi connectivity index (χ2n) is 7.56. The predicted octanol–water partition coefficient (Wildman–Crippen LogP) is 4.50. The maximum absolute atomic E-state index is 4.78. The summed E-state index contributed by atoms with van der Waals surface area (Å²) in [6.07, 6.45) is 4.50. The van der Waals surface area contributed by atoms with Crippen LogP contribution in [0.25, 0.3) is 0 Å². The molecule has 3 nitrogen and oxygen atoms in total. The van der Waals surface area contributed by atoms with Crippen LogP contribution in [0.4, 0.5) is 5.82 Å². The van der Waals surface area contributed by atoms with Crippen molar-refractivity contribution in [2.45, 2.75) is 72.5 Å². The third-order valence-corrected chi connectivity index (χ3v) is 4.50. The molecule has 0 spiro atoms. The van der Waals surface area contributed by atoms with Crippen LogP contribution in [0.15, 0.2) is 18.3 Å². The minimum atomic E-state index is 0.466. The first-order chi connectivity index (χ1) is 10.4. The van der Waals surface area contributed by atoms with Crippen LogP contribution in [0.2, 0.25) is 0 Å². The van der Waals surface area contributed by atoms with Crippen molar-refractivity contribution >= 4 is 5.82 Å². The fraction of sp³-hybridized carbons (Fsp3) is 0.737. The molecule has 1 aliphatic heterocycles. The summed E-state index contributed by atoms with van der Waals surface area (Å²) in [5.41, 5.74) is 1.42. The standard InChI is InChI=1S/C19H33N3/c1-14(2)13-21-12-8-10-18(21)17-9-7-11-20-19(17)22(15(3)4)16(5)6/h7,9,11,14-16,18H,8,10,12-13H2,1-6H3/t18-/m1/s1. The van der Waals surface area contributed by atoms with Crippen LogP contribution in [0.3, 0.4) is 0 Å². The molecule has 1 aromatic heterocycles. The summed E-state index contributed by atoms with van der Waals surface area (Å²) in [6, 6.07) is 5.86. The van der Waals surface area contributed by atoms with E-state index in [4.69, 9.17) is 4.98 Å². The van der Waals surface area contributed by atoms with Crippen molar-refractivity contribution in [1.82, 2.24) is 9.88 Å². The molecule has 0 aromatic carbocycles. The molecule has 0 aliphatic carbocycles. The van der Waals surface area contributed by atoms with Crippen LogP contribution >= 0.6 is 0 Å². The Morgan fingerprint density at radius 2 is 1.86 bits per heavy atom. The van der Waals surface area contributed by atoms with Crippen LogP contribution in [0.5, 0.6) is 0 Å². The van der Waals surface area contributed by atoms with E-state index >= 15 is 0 Å². The second-order valence-corrected chi connectivity index (χ2v) is 7.56. The van der Waals surface area contributed by atoms with Crippen LogP contribution in [0.1, 0.15) is 66.0 Å². The van der Waals surface area contributed by atoms with Gasteiger partial charge in [0.1, 0.15) is 5.82 Å². The number of hydrogen-bond donors (Lipinski definition) is 0. The molecule has 0 bridgehead atoms. The highest BCUT2D eigenvalue weighted by atomic mass is 15.2. The number of anilines is 1. The monoisotopic (exact) mass is 303 g/mol. The first-order valence-corrected chi connectivity index (χ1v) is 8.89. The van der Waals surface area contributed by atoms with Crippen molar-refractivity contribution < 1.29 is 0 Å². The molecule has 1 fully saturated rings. The molecular weight excluding hydrogens is 270 g/mol. The Labute approximate surface area is 136 Å². The lowest BCUT2D eigenvalue weighted by molar-refractivity contribution is 0.228. The molecule has 1 saturated heterocycles.